The van der Waals surface area contributed by atoms with Crippen LogP contribution in [0.2, 0.25) is 0 Å². The fourth-order valence-electron chi connectivity index (χ4n) is 4.26. The van der Waals surface area contributed by atoms with Crippen molar-refractivity contribution < 1.29 is 14.7 Å². The van der Waals surface area contributed by atoms with Crippen LogP contribution in [-0.2, 0) is 9.59 Å². The lowest BCUT2D eigenvalue weighted by atomic mass is 9.74. The average molecular weight is 266 g/mol. The third kappa shape index (κ3) is 2.14. The molecule has 3 fully saturated rings. The molecule has 5 heteroatoms. The normalized spacial score (nSPS) is 41.2. The number of piperidine rings is 1. The van der Waals surface area contributed by atoms with Gasteiger partial charge in [0.15, 0.2) is 0 Å². The summed E-state index contributed by atoms with van der Waals surface area (Å²) in [6, 6.07) is 0.171. The highest BCUT2D eigenvalue weighted by atomic mass is 16.4. The summed E-state index contributed by atoms with van der Waals surface area (Å²) in [6.45, 7) is 1.82. The largest absolute Gasteiger partial charge is 0.481 e. The van der Waals surface area contributed by atoms with E-state index in [0.29, 0.717) is 12.3 Å². The standard InChI is InChI=1S/C14H22N2O3/c17-12(18)11-6-9-3-4-14(11,7-9)13(19)16-10-2-1-5-15-8-10/h9-11,15H,1-8H2,(H,16,19)(H,17,18). The molecule has 3 aliphatic rings. The zero-order valence-electron chi connectivity index (χ0n) is 11.2. The molecule has 0 aromatic carbocycles. The Kier molecular flexibility index (Phi) is 3.25. The number of carbonyl (C=O) groups excluding carboxylic acids is 1. The van der Waals surface area contributed by atoms with Crippen molar-refractivity contribution in [3.8, 4) is 0 Å². The predicted octanol–water partition coefficient (Wildman–Crippen LogP) is 0.746. The lowest BCUT2D eigenvalue weighted by Crippen LogP contribution is -2.52. The molecule has 1 aliphatic heterocycles. The number of aliphatic carboxylic acids is 1. The van der Waals surface area contributed by atoms with Crippen LogP contribution in [0.4, 0.5) is 0 Å². The maximum Gasteiger partial charge on any atom is 0.307 e. The molecule has 0 spiro atoms. The van der Waals surface area contributed by atoms with Crippen molar-refractivity contribution in [2.24, 2.45) is 17.3 Å². The molecule has 1 saturated heterocycles. The van der Waals surface area contributed by atoms with Gasteiger partial charge >= 0.3 is 5.97 Å². The third-order valence-corrected chi connectivity index (χ3v) is 5.27. The van der Waals surface area contributed by atoms with E-state index < -0.39 is 17.3 Å². The SMILES string of the molecule is O=C(O)C1CC2CCC1(C(=O)NC1CCCNC1)C2. The number of carboxylic acid groups (broad SMARTS) is 1. The number of rotatable bonds is 3. The molecule has 0 aromatic heterocycles. The van der Waals surface area contributed by atoms with Crippen LogP contribution in [0.1, 0.15) is 38.5 Å². The molecule has 106 valence electrons. The zero-order chi connectivity index (χ0) is 13.5. The first-order valence-electron chi connectivity index (χ1n) is 7.36. The van der Waals surface area contributed by atoms with E-state index in [9.17, 15) is 14.7 Å². The summed E-state index contributed by atoms with van der Waals surface area (Å²) in [5, 5.41) is 15.7. The molecule has 0 aromatic rings. The number of hydrogen-bond acceptors (Lipinski definition) is 3. The van der Waals surface area contributed by atoms with Gasteiger partial charge in [-0.15, -0.1) is 0 Å². The second kappa shape index (κ2) is 4.78. The first-order valence-corrected chi connectivity index (χ1v) is 7.36. The number of hydrogen-bond donors (Lipinski definition) is 3. The van der Waals surface area contributed by atoms with Gasteiger partial charge in [0.05, 0.1) is 11.3 Å². The van der Waals surface area contributed by atoms with E-state index in [4.69, 9.17) is 0 Å². The molecule has 0 radical (unpaired) electrons. The van der Waals surface area contributed by atoms with E-state index in [-0.39, 0.29) is 11.9 Å². The molecule has 4 unspecified atom stereocenters. The molecular weight excluding hydrogens is 244 g/mol. The Balaban J connectivity index is 1.71. The van der Waals surface area contributed by atoms with Gasteiger partial charge in [0.25, 0.3) is 0 Å². The Morgan fingerprint density at radius 1 is 1.32 bits per heavy atom. The Morgan fingerprint density at radius 3 is 2.79 bits per heavy atom. The van der Waals surface area contributed by atoms with Crippen molar-refractivity contribution in [2.75, 3.05) is 13.1 Å². The van der Waals surface area contributed by atoms with E-state index in [1.165, 1.54) is 0 Å². The maximum absolute atomic E-state index is 12.6. The molecule has 2 aliphatic carbocycles. The fraction of sp³-hybridized carbons (Fsp3) is 0.857. The van der Waals surface area contributed by atoms with Gasteiger partial charge in [-0.1, -0.05) is 0 Å². The van der Waals surface area contributed by atoms with Crippen LogP contribution in [-0.4, -0.2) is 36.1 Å². The highest BCUT2D eigenvalue weighted by Gasteiger charge is 2.59. The molecular formula is C14H22N2O3. The highest BCUT2D eigenvalue weighted by Crippen LogP contribution is 2.57. The van der Waals surface area contributed by atoms with Crippen molar-refractivity contribution >= 4 is 11.9 Å². The number of nitrogens with one attached hydrogen (secondary N) is 2. The van der Waals surface area contributed by atoms with Crippen LogP contribution < -0.4 is 10.6 Å². The Labute approximate surface area is 113 Å². The van der Waals surface area contributed by atoms with Crippen LogP contribution in [0.5, 0.6) is 0 Å². The van der Waals surface area contributed by atoms with Gasteiger partial charge in [-0.2, -0.15) is 0 Å². The van der Waals surface area contributed by atoms with E-state index in [1.807, 2.05) is 0 Å². The summed E-state index contributed by atoms with van der Waals surface area (Å²) < 4.78 is 0. The minimum absolute atomic E-state index is 0.00593. The Bertz CT molecular complexity index is 392. The van der Waals surface area contributed by atoms with Gasteiger partial charge < -0.3 is 15.7 Å². The predicted molar refractivity (Wildman–Crippen MR) is 69.6 cm³/mol. The van der Waals surface area contributed by atoms with Gasteiger partial charge in [0, 0.05) is 12.6 Å². The van der Waals surface area contributed by atoms with Crippen LogP contribution in [0, 0.1) is 17.3 Å². The molecule has 19 heavy (non-hydrogen) atoms. The summed E-state index contributed by atoms with van der Waals surface area (Å²) in [5.74, 6) is -0.827. The Hall–Kier alpha value is -1.10. The summed E-state index contributed by atoms with van der Waals surface area (Å²) in [6.07, 6.45) is 5.29. The maximum atomic E-state index is 12.6. The van der Waals surface area contributed by atoms with E-state index >= 15 is 0 Å². The molecule has 2 saturated carbocycles. The molecule has 2 bridgehead atoms. The molecule has 4 atom stereocenters. The van der Waals surface area contributed by atoms with Gasteiger partial charge in [-0.3, -0.25) is 9.59 Å². The number of fused-ring (bicyclic) bond motifs is 2. The van der Waals surface area contributed by atoms with Crippen molar-refractivity contribution in [1.82, 2.24) is 10.6 Å². The van der Waals surface area contributed by atoms with Gasteiger partial charge in [-0.25, -0.2) is 0 Å². The molecule has 3 rings (SSSR count). The summed E-state index contributed by atoms with van der Waals surface area (Å²) in [5.41, 5.74) is -0.617. The first-order chi connectivity index (χ1) is 9.12. The first kappa shape index (κ1) is 12.9. The van der Waals surface area contributed by atoms with Gasteiger partial charge in [-0.05, 0) is 51.0 Å². The van der Waals surface area contributed by atoms with Crippen LogP contribution in [0.15, 0.2) is 0 Å². The van der Waals surface area contributed by atoms with Crippen molar-refractivity contribution in [1.29, 1.82) is 0 Å². The number of carboxylic acids is 1. The minimum atomic E-state index is -0.792. The van der Waals surface area contributed by atoms with Crippen molar-refractivity contribution in [2.45, 2.75) is 44.6 Å². The monoisotopic (exact) mass is 266 g/mol. The van der Waals surface area contributed by atoms with E-state index in [0.717, 1.165) is 45.2 Å². The fourth-order valence-corrected chi connectivity index (χ4v) is 4.26. The second-order valence-electron chi connectivity index (χ2n) is 6.41. The van der Waals surface area contributed by atoms with Crippen molar-refractivity contribution in [3.05, 3.63) is 0 Å². The Morgan fingerprint density at radius 2 is 2.16 bits per heavy atom. The van der Waals surface area contributed by atoms with E-state index in [2.05, 4.69) is 10.6 Å². The van der Waals surface area contributed by atoms with Crippen LogP contribution >= 0.6 is 0 Å². The zero-order valence-corrected chi connectivity index (χ0v) is 11.2. The van der Waals surface area contributed by atoms with E-state index in [1.54, 1.807) is 0 Å². The summed E-state index contributed by atoms with van der Waals surface area (Å²) in [4.78, 5) is 24.0. The van der Waals surface area contributed by atoms with Gasteiger partial charge in [0.1, 0.15) is 0 Å². The highest BCUT2D eigenvalue weighted by molar-refractivity contribution is 5.89. The van der Waals surface area contributed by atoms with Crippen LogP contribution in [0.3, 0.4) is 0 Å². The molecule has 5 nitrogen and oxygen atoms in total. The van der Waals surface area contributed by atoms with Crippen molar-refractivity contribution in [3.63, 3.8) is 0 Å². The smallest absolute Gasteiger partial charge is 0.307 e. The third-order valence-electron chi connectivity index (χ3n) is 5.27. The number of carbonyl (C=O) groups is 2. The second-order valence-corrected chi connectivity index (χ2v) is 6.41. The minimum Gasteiger partial charge on any atom is -0.481 e. The lowest BCUT2D eigenvalue weighted by molar-refractivity contribution is -0.152. The quantitative estimate of drug-likeness (QED) is 0.704. The van der Waals surface area contributed by atoms with Crippen LogP contribution in [0.25, 0.3) is 0 Å². The summed E-state index contributed by atoms with van der Waals surface area (Å²) in [7, 11) is 0. The van der Waals surface area contributed by atoms with Gasteiger partial charge in [0.2, 0.25) is 5.91 Å². The molecule has 3 N–H and O–H groups in total. The molecule has 1 heterocycles. The number of amides is 1. The lowest BCUT2D eigenvalue weighted by Gasteiger charge is -2.34. The summed E-state index contributed by atoms with van der Waals surface area (Å²) >= 11 is 0. The molecule has 1 amide bonds. The average Bonchev–Trinajstić information content (AvgIpc) is 2.99. The topological polar surface area (TPSA) is 78.4 Å².